The van der Waals surface area contributed by atoms with Gasteiger partial charge in [0.05, 0.1) is 4.75 Å². The van der Waals surface area contributed by atoms with Crippen molar-refractivity contribution in [1.29, 1.82) is 0 Å². The smallest absolute Gasteiger partial charge is 0.224 e. The predicted molar refractivity (Wildman–Crippen MR) is 106 cm³/mol. The molecule has 150 valence electrons. The number of hydrogen-bond acceptors (Lipinski definition) is 7. The molecule has 0 fully saturated rings. The van der Waals surface area contributed by atoms with Crippen LogP contribution in [-0.2, 0) is 14.8 Å². The lowest BCUT2D eigenvalue weighted by Gasteiger charge is -2.19. The fourth-order valence-corrected chi connectivity index (χ4v) is 3.14. The van der Waals surface area contributed by atoms with Gasteiger partial charge < -0.3 is 5.32 Å². The molecule has 0 saturated heterocycles. The Bertz CT molecular complexity index is 784. The number of rotatable bonds is 8. The van der Waals surface area contributed by atoms with E-state index in [4.69, 9.17) is 0 Å². The largest absolute Gasteiger partial charge is 0.326 e. The van der Waals surface area contributed by atoms with E-state index in [2.05, 4.69) is 26.2 Å². The minimum absolute atomic E-state index is 0.0971. The van der Waals surface area contributed by atoms with Gasteiger partial charge in [-0.25, -0.2) is 18.7 Å². The van der Waals surface area contributed by atoms with Crippen molar-refractivity contribution in [2.45, 2.75) is 44.8 Å². The maximum Gasteiger partial charge on any atom is 0.224 e. The van der Waals surface area contributed by atoms with Crippen LogP contribution in [0.15, 0.2) is 29.4 Å². The highest BCUT2D eigenvalue weighted by Crippen LogP contribution is 2.14. The highest BCUT2D eigenvalue weighted by atomic mass is 32.2. The molecule has 0 aliphatic carbocycles. The van der Waals surface area contributed by atoms with E-state index in [9.17, 15) is 13.2 Å². The molecule has 2 rings (SSSR count). The molecule has 1 aromatic carbocycles. The summed E-state index contributed by atoms with van der Waals surface area (Å²) < 4.78 is 25.6. The summed E-state index contributed by atoms with van der Waals surface area (Å²) >= 11 is 0. The molecule has 0 atom stereocenters. The third-order valence-corrected chi connectivity index (χ3v) is 6.25. The predicted octanol–water partition coefficient (Wildman–Crippen LogP) is 1.13. The van der Waals surface area contributed by atoms with E-state index in [0.29, 0.717) is 31.5 Å². The monoisotopic (exact) mass is 396 g/mol. The van der Waals surface area contributed by atoms with E-state index in [-0.39, 0.29) is 5.91 Å². The average Bonchev–Trinajstić information content (AvgIpc) is 3.00. The van der Waals surface area contributed by atoms with Gasteiger partial charge in [0.15, 0.2) is 5.84 Å². The molecule has 4 N–H and O–H groups in total. The summed E-state index contributed by atoms with van der Waals surface area (Å²) in [6, 6.07) is 7.39. The van der Waals surface area contributed by atoms with Crippen LogP contribution >= 0.6 is 0 Å². The summed E-state index contributed by atoms with van der Waals surface area (Å²) in [4.78, 5) is 12.0. The molecular formula is C17H28N6O3S. The van der Waals surface area contributed by atoms with Crippen molar-refractivity contribution in [3.05, 3.63) is 29.8 Å². The van der Waals surface area contributed by atoms with E-state index >= 15 is 0 Å². The molecular weight excluding hydrogens is 368 g/mol. The molecule has 1 heterocycles. The number of nitrogens with one attached hydrogen (secondary N) is 4. The van der Waals surface area contributed by atoms with Crippen LogP contribution in [0.2, 0.25) is 0 Å². The number of carbonyl (C=O) groups excluding carboxylic acids is 1. The Kier molecular flexibility index (Phi) is 6.79. The molecule has 0 saturated carbocycles. The minimum atomic E-state index is -3.33. The third-order valence-electron chi connectivity index (χ3n) is 4.05. The van der Waals surface area contributed by atoms with Crippen LogP contribution < -0.4 is 21.1 Å². The Hall–Kier alpha value is -2.17. The molecule has 0 unspecified atom stereocenters. The second kappa shape index (κ2) is 8.68. The first-order valence-corrected chi connectivity index (χ1v) is 10.3. The zero-order chi connectivity index (χ0) is 20.1. The lowest BCUT2D eigenvalue weighted by Crippen LogP contribution is -2.39. The van der Waals surface area contributed by atoms with Crippen molar-refractivity contribution in [2.24, 2.45) is 5.10 Å². The second-order valence-corrected chi connectivity index (χ2v) is 9.83. The Balaban J connectivity index is 1.72. The fourth-order valence-electron chi connectivity index (χ4n) is 2.30. The van der Waals surface area contributed by atoms with E-state index in [1.165, 1.54) is 0 Å². The number of anilines is 1. The number of carbonyl (C=O) groups is 1. The second-order valence-electron chi connectivity index (χ2n) is 7.31. The van der Waals surface area contributed by atoms with Gasteiger partial charge >= 0.3 is 0 Å². The van der Waals surface area contributed by atoms with Crippen LogP contribution in [-0.4, -0.2) is 43.5 Å². The zero-order valence-electron chi connectivity index (χ0n) is 16.2. The van der Waals surface area contributed by atoms with Gasteiger partial charge in [-0.3, -0.25) is 9.80 Å². The van der Waals surface area contributed by atoms with E-state index in [1.54, 1.807) is 25.8 Å². The summed E-state index contributed by atoms with van der Waals surface area (Å²) in [5, 5.41) is 8.70. The van der Waals surface area contributed by atoms with Crippen molar-refractivity contribution in [2.75, 3.05) is 18.9 Å². The van der Waals surface area contributed by atoms with Crippen LogP contribution in [0.4, 0.5) is 5.69 Å². The number of unbranched alkanes of at least 4 members (excludes halogenated alkanes) is 1. The molecule has 10 heteroatoms. The minimum Gasteiger partial charge on any atom is -0.326 e. The van der Waals surface area contributed by atoms with Gasteiger partial charge in [0.1, 0.15) is 0 Å². The van der Waals surface area contributed by atoms with Crippen molar-refractivity contribution >= 4 is 27.5 Å². The summed E-state index contributed by atoms with van der Waals surface area (Å²) in [7, 11) is -1.49. The fraction of sp³-hybridized carbons (Fsp3) is 0.529. The highest BCUT2D eigenvalue weighted by molar-refractivity contribution is 7.90. The number of sulfonamides is 1. The standard InChI is InChI=1S/C17H28N6O3S/c1-17(2,3)27(25,26)18-12-6-5-7-15(24)19-14-10-8-13(9-11-14)16-20-21-22-23(16)4/h8-11,18,21-22H,5-7,12H2,1-4H3,(H,19,24). The summed E-state index contributed by atoms with van der Waals surface area (Å²) in [6.45, 7) is 5.29. The van der Waals surface area contributed by atoms with Gasteiger partial charge in [0.25, 0.3) is 0 Å². The molecule has 1 amide bonds. The lowest BCUT2D eigenvalue weighted by atomic mass is 10.1. The van der Waals surface area contributed by atoms with Crippen LogP contribution in [0.1, 0.15) is 45.6 Å². The normalized spacial score (nSPS) is 14.7. The molecule has 1 aliphatic heterocycles. The Labute approximate surface area is 160 Å². The Morgan fingerprint density at radius 3 is 2.41 bits per heavy atom. The number of amidine groups is 1. The van der Waals surface area contributed by atoms with Crippen LogP contribution in [0.5, 0.6) is 0 Å². The van der Waals surface area contributed by atoms with Gasteiger partial charge in [-0.05, 0) is 57.9 Å². The molecule has 27 heavy (non-hydrogen) atoms. The topological polar surface area (TPSA) is 115 Å². The maximum absolute atomic E-state index is 12.0. The molecule has 0 radical (unpaired) electrons. The quantitative estimate of drug-likeness (QED) is 0.490. The van der Waals surface area contributed by atoms with Gasteiger partial charge in [-0.2, -0.15) is 0 Å². The Morgan fingerprint density at radius 1 is 1.19 bits per heavy atom. The van der Waals surface area contributed by atoms with Gasteiger partial charge in [-0.15, -0.1) is 10.6 Å². The highest BCUT2D eigenvalue weighted by Gasteiger charge is 2.27. The van der Waals surface area contributed by atoms with E-state index < -0.39 is 14.8 Å². The molecule has 1 aromatic rings. The van der Waals surface area contributed by atoms with Crippen LogP contribution in [0, 0.1) is 0 Å². The maximum atomic E-state index is 12.0. The summed E-state index contributed by atoms with van der Waals surface area (Å²) in [6.07, 6.45) is 1.55. The number of hydrogen-bond donors (Lipinski definition) is 4. The molecule has 0 spiro atoms. The van der Waals surface area contributed by atoms with Crippen molar-refractivity contribution < 1.29 is 13.2 Å². The molecule has 1 aliphatic rings. The van der Waals surface area contributed by atoms with Crippen molar-refractivity contribution in [3.63, 3.8) is 0 Å². The first kappa shape index (κ1) is 21.1. The SMILES string of the molecule is CN1NNN=C1c1ccc(NC(=O)CCCCNS(=O)(=O)C(C)(C)C)cc1. The lowest BCUT2D eigenvalue weighted by molar-refractivity contribution is -0.116. The van der Waals surface area contributed by atoms with Gasteiger partial charge in [0, 0.05) is 31.3 Å². The molecule has 0 bridgehead atoms. The number of benzene rings is 1. The van der Waals surface area contributed by atoms with Crippen LogP contribution in [0.25, 0.3) is 0 Å². The van der Waals surface area contributed by atoms with Crippen LogP contribution in [0.3, 0.4) is 0 Å². The van der Waals surface area contributed by atoms with Gasteiger partial charge in [-0.1, -0.05) is 0 Å². The number of amides is 1. The molecule has 9 nitrogen and oxygen atoms in total. The van der Waals surface area contributed by atoms with E-state index in [1.807, 2.05) is 31.3 Å². The Morgan fingerprint density at radius 2 is 1.85 bits per heavy atom. The van der Waals surface area contributed by atoms with Crippen molar-refractivity contribution in [1.82, 2.24) is 20.8 Å². The van der Waals surface area contributed by atoms with E-state index in [0.717, 1.165) is 11.4 Å². The van der Waals surface area contributed by atoms with Gasteiger partial charge in [0.2, 0.25) is 15.9 Å². The number of nitrogens with zero attached hydrogens (tertiary/aromatic N) is 2. The first-order chi connectivity index (χ1) is 12.6. The van der Waals surface area contributed by atoms with Crippen molar-refractivity contribution in [3.8, 4) is 0 Å². The average molecular weight is 397 g/mol. The summed E-state index contributed by atoms with van der Waals surface area (Å²) in [5.74, 6) is 0.658. The third kappa shape index (κ3) is 5.91. The summed E-state index contributed by atoms with van der Waals surface area (Å²) in [5.41, 5.74) is 7.13. The number of hydrazone groups is 1. The zero-order valence-corrected chi connectivity index (χ0v) is 17.0. The molecule has 0 aromatic heterocycles. The first-order valence-electron chi connectivity index (χ1n) is 8.82. The number of hydrazine groups is 2.